The van der Waals surface area contributed by atoms with Crippen molar-refractivity contribution in [1.82, 2.24) is 10.2 Å². The molecule has 1 aliphatic heterocycles. The number of hydrogen-bond donors (Lipinski definition) is 1. The molecule has 2 aromatic rings. The van der Waals surface area contributed by atoms with Crippen LogP contribution in [0.25, 0.3) is 11.1 Å². The number of nitrogens with zero attached hydrogens (tertiary/aromatic N) is 1. The third-order valence-electron chi connectivity index (χ3n) is 6.14. The van der Waals surface area contributed by atoms with Crippen LogP contribution in [0.2, 0.25) is 0 Å². The molecule has 1 heterocycles. The minimum atomic E-state index is -0.252. The summed E-state index contributed by atoms with van der Waals surface area (Å²) in [6.07, 6.45) is 3.70. The van der Waals surface area contributed by atoms with Gasteiger partial charge < -0.3 is 15.0 Å². The van der Waals surface area contributed by atoms with Crippen molar-refractivity contribution in [3.63, 3.8) is 0 Å². The van der Waals surface area contributed by atoms with Crippen LogP contribution in [0.15, 0.2) is 48.5 Å². The van der Waals surface area contributed by atoms with Gasteiger partial charge in [0.05, 0.1) is 13.0 Å². The first-order valence-corrected chi connectivity index (χ1v) is 10.4. The number of para-hydroxylation sites is 1. The van der Waals surface area contributed by atoms with Gasteiger partial charge in [-0.05, 0) is 36.5 Å². The van der Waals surface area contributed by atoms with Gasteiger partial charge in [-0.25, -0.2) is 0 Å². The van der Waals surface area contributed by atoms with E-state index in [9.17, 15) is 9.59 Å². The molecule has 0 unspecified atom stereocenters. The fourth-order valence-electron chi connectivity index (χ4n) is 4.26. The molecule has 0 bridgehead atoms. The Bertz CT molecular complexity index is 891. The summed E-state index contributed by atoms with van der Waals surface area (Å²) >= 11 is 0. The van der Waals surface area contributed by atoms with Gasteiger partial charge in [0.2, 0.25) is 11.8 Å². The van der Waals surface area contributed by atoms with Gasteiger partial charge in [-0.1, -0.05) is 48.9 Å². The summed E-state index contributed by atoms with van der Waals surface area (Å²) < 4.78 is 5.55. The minimum absolute atomic E-state index is 0.0312. The molecule has 5 heteroatoms. The first-order valence-electron chi connectivity index (χ1n) is 10.4. The summed E-state index contributed by atoms with van der Waals surface area (Å²) in [6, 6.07) is 16.1. The Hall–Kier alpha value is -2.82. The second-order valence-corrected chi connectivity index (χ2v) is 7.96. The molecule has 1 N–H and O–H groups in total. The average Bonchev–Trinajstić information content (AvgIpc) is 2.89. The molecule has 2 fully saturated rings. The number of carbonyl (C=O) groups is 2. The van der Waals surface area contributed by atoms with E-state index in [1.165, 1.54) is 0 Å². The Morgan fingerprint density at radius 1 is 1.10 bits per heavy atom. The largest absolute Gasteiger partial charge is 0.496 e. The zero-order chi connectivity index (χ0) is 20.2. The second kappa shape index (κ2) is 8.68. The Morgan fingerprint density at radius 2 is 1.83 bits per heavy atom. The molecule has 1 saturated carbocycles. The number of amides is 2. The van der Waals surface area contributed by atoms with Gasteiger partial charge in [-0.15, -0.1) is 0 Å². The number of hydrogen-bond acceptors (Lipinski definition) is 3. The van der Waals surface area contributed by atoms with Crippen LogP contribution in [0.5, 0.6) is 5.75 Å². The van der Waals surface area contributed by atoms with E-state index in [0.717, 1.165) is 41.7 Å². The number of ether oxygens (including phenoxy) is 1. The van der Waals surface area contributed by atoms with E-state index in [-0.39, 0.29) is 23.7 Å². The summed E-state index contributed by atoms with van der Waals surface area (Å²) in [5.41, 5.74) is 3.18. The zero-order valence-electron chi connectivity index (χ0n) is 16.9. The van der Waals surface area contributed by atoms with Crippen molar-refractivity contribution in [2.45, 2.75) is 25.7 Å². The molecule has 1 aliphatic carbocycles. The van der Waals surface area contributed by atoms with Gasteiger partial charge in [0.15, 0.2) is 0 Å². The highest BCUT2D eigenvalue weighted by molar-refractivity contribution is 5.84. The molecule has 0 radical (unpaired) electrons. The molecule has 2 aliphatic rings. The third-order valence-corrected chi connectivity index (χ3v) is 6.14. The van der Waals surface area contributed by atoms with Gasteiger partial charge in [0.25, 0.3) is 0 Å². The quantitative estimate of drug-likeness (QED) is 0.850. The van der Waals surface area contributed by atoms with Crippen LogP contribution in [-0.2, 0) is 16.0 Å². The zero-order valence-corrected chi connectivity index (χ0v) is 16.9. The predicted molar refractivity (Wildman–Crippen MR) is 113 cm³/mol. The number of nitrogens with one attached hydrogen (secondary N) is 1. The first-order chi connectivity index (χ1) is 14.2. The molecule has 5 nitrogen and oxygen atoms in total. The maximum Gasteiger partial charge on any atom is 0.225 e. The van der Waals surface area contributed by atoms with Gasteiger partial charge >= 0.3 is 0 Å². The Kier molecular flexibility index (Phi) is 5.84. The Labute approximate surface area is 172 Å². The van der Waals surface area contributed by atoms with Gasteiger partial charge in [0.1, 0.15) is 5.75 Å². The van der Waals surface area contributed by atoms with Crippen molar-refractivity contribution < 1.29 is 14.3 Å². The lowest BCUT2D eigenvalue weighted by molar-refractivity contribution is -0.138. The van der Waals surface area contributed by atoms with Crippen LogP contribution < -0.4 is 10.1 Å². The smallest absolute Gasteiger partial charge is 0.225 e. The molecule has 152 valence electrons. The molecule has 1 atom stereocenters. The Balaban J connectivity index is 1.59. The number of methoxy groups -OCH3 is 1. The van der Waals surface area contributed by atoms with Crippen molar-refractivity contribution in [2.24, 2.45) is 11.8 Å². The molecular weight excluding hydrogens is 364 g/mol. The molecular formula is C24H28N2O3. The normalized spacial score (nSPS) is 19.8. The molecule has 29 heavy (non-hydrogen) atoms. The Morgan fingerprint density at radius 3 is 2.55 bits per heavy atom. The molecule has 1 saturated heterocycles. The van der Waals surface area contributed by atoms with E-state index in [4.69, 9.17) is 4.74 Å². The summed E-state index contributed by atoms with van der Waals surface area (Å²) in [5.74, 6) is 0.966. The fourth-order valence-corrected chi connectivity index (χ4v) is 4.26. The summed E-state index contributed by atoms with van der Waals surface area (Å²) in [5, 5.41) is 3.00. The van der Waals surface area contributed by atoms with E-state index in [0.29, 0.717) is 26.1 Å². The minimum Gasteiger partial charge on any atom is -0.496 e. The number of carbonyl (C=O) groups excluding carboxylic acids is 2. The van der Waals surface area contributed by atoms with E-state index < -0.39 is 0 Å². The van der Waals surface area contributed by atoms with E-state index in [1.54, 1.807) is 7.11 Å². The van der Waals surface area contributed by atoms with Crippen molar-refractivity contribution in [1.29, 1.82) is 0 Å². The maximum atomic E-state index is 12.8. The average molecular weight is 392 g/mol. The SMILES string of the molecule is COc1ccccc1-c1ccccc1C[C@H]1CN(C(=O)C2CCC2)CCNC1=O. The van der Waals surface area contributed by atoms with Crippen molar-refractivity contribution in [3.8, 4) is 16.9 Å². The third kappa shape index (κ3) is 4.14. The maximum absolute atomic E-state index is 12.8. The van der Waals surface area contributed by atoms with Crippen LogP contribution in [0.4, 0.5) is 0 Å². The second-order valence-electron chi connectivity index (χ2n) is 7.96. The standard InChI is InChI=1S/C24H28N2O3/c1-29-22-12-5-4-11-21(22)20-10-3-2-7-18(20)15-19-16-26(14-13-25-23(19)27)24(28)17-8-6-9-17/h2-5,7,10-12,17,19H,6,8-9,13-16H2,1H3,(H,25,27)/t19-/m0/s1. The highest BCUT2D eigenvalue weighted by Crippen LogP contribution is 2.34. The highest BCUT2D eigenvalue weighted by Gasteiger charge is 2.33. The molecule has 0 spiro atoms. The molecule has 2 aromatic carbocycles. The molecule has 2 amide bonds. The van der Waals surface area contributed by atoms with Gasteiger partial charge in [0, 0.05) is 31.1 Å². The van der Waals surface area contributed by atoms with Crippen LogP contribution >= 0.6 is 0 Å². The molecule has 0 aromatic heterocycles. The van der Waals surface area contributed by atoms with Gasteiger partial charge in [-0.2, -0.15) is 0 Å². The van der Waals surface area contributed by atoms with Crippen LogP contribution in [0.1, 0.15) is 24.8 Å². The van der Waals surface area contributed by atoms with Gasteiger partial charge in [-0.3, -0.25) is 9.59 Å². The topological polar surface area (TPSA) is 58.6 Å². The number of rotatable bonds is 5. The van der Waals surface area contributed by atoms with E-state index in [1.807, 2.05) is 41.3 Å². The molecule has 4 rings (SSSR count). The first kappa shape index (κ1) is 19.5. The lowest BCUT2D eigenvalue weighted by atomic mass is 9.84. The lowest BCUT2D eigenvalue weighted by Gasteiger charge is -2.32. The van der Waals surface area contributed by atoms with Crippen molar-refractivity contribution in [2.75, 3.05) is 26.7 Å². The van der Waals surface area contributed by atoms with E-state index >= 15 is 0 Å². The van der Waals surface area contributed by atoms with Crippen molar-refractivity contribution in [3.05, 3.63) is 54.1 Å². The highest BCUT2D eigenvalue weighted by atomic mass is 16.5. The monoisotopic (exact) mass is 392 g/mol. The number of benzene rings is 2. The van der Waals surface area contributed by atoms with Crippen LogP contribution in [0.3, 0.4) is 0 Å². The van der Waals surface area contributed by atoms with Crippen molar-refractivity contribution >= 4 is 11.8 Å². The summed E-state index contributed by atoms with van der Waals surface area (Å²) in [6.45, 7) is 1.62. The van der Waals surface area contributed by atoms with E-state index in [2.05, 4.69) is 17.4 Å². The summed E-state index contributed by atoms with van der Waals surface area (Å²) in [7, 11) is 1.67. The van der Waals surface area contributed by atoms with Crippen LogP contribution in [0, 0.1) is 11.8 Å². The summed E-state index contributed by atoms with van der Waals surface area (Å²) in [4.78, 5) is 27.4. The lowest BCUT2D eigenvalue weighted by Crippen LogP contribution is -2.42. The fraction of sp³-hybridized carbons (Fsp3) is 0.417. The van der Waals surface area contributed by atoms with Crippen LogP contribution in [-0.4, -0.2) is 43.5 Å². The predicted octanol–water partition coefficient (Wildman–Crippen LogP) is 3.28.